The minimum atomic E-state index is -2.00. The molecule has 0 amide bonds. The number of rotatable bonds is 7. The molecule has 0 spiro atoms. The lowest BCUT2D eigenvalue weighted by Gasteiger charge is -2.42. The van der Waals surface area contributed by atoms with Crippen molar-refractivity contribution in [2.75, 3.05) is 19.8 Å². The highest BCUT2D eigenvalue weighted by molar-refractivity contribution is 6.00. The molecule has 7 N–H and O–H groups in total. The largest absolute Gasteiger partial charge is 0.508 e. The van der Waals surface area contributed by atoms with Crippen LogP contribution in [0.1, 0.15) is 28.4 Å². The number of fused-ring (bicyclic) bond motifs is 1. The van der Waals surface area contributed by atoms with Crippen molar-refractivity contribution < 1.29 is 64.2 Å². The van der Waals surface area contributed by atoms with Crippen LogP contribution in [0, 0.1) is 0 Å². The zero-order valence-corrected chi connectivity index (χ0v) is 20.6. The van der Waals surface area contributed by atoms with Crippen LogP contribution >= 0.6 is 0 Å². The summed E-state index contributed by atoms with van der Waals surface area (Å²) in [5, 5.41) is 70.3. The Morgan fingerprint density at radius 3 is 2.41 bits per heavy atom. The van der Waals surface area contributed by atoms with Gasteiger partial charge in [0.25, 0.3) is 0 Å². The van der Waals surface area contributed by atoms with Crippen LogP contribution in [0.5, 0.6) is 17.2 Å². The summed E-state index contributed by atoms with van der Waals surface area (Å²) < 4.78 is 28.5. The molecular formula is C26H30O13. The standard InChI is InChI=1S/C26H30O13/c27-9-19-20(31)21(32)22(39-25-23(33)26(34,10-28)11-35-25)24(38-19)36-14-5-6-15-16(30)8-17(37-18(15)7-14)12-1-3-13(29)4-2-12/h1-7,17,19-25,27-29,31-34H,8-11H2. The Labute approximate surface area is 222 Å². The van der Waals surface area contributed by atoms with Crippen LogP contribution in [0.25, 0.3) is 0 Å². The average molecular weight is 551 g/mol. The van der Waals surface area contributed by atoms with Crippen LogP contribution in [0.15, 0.2) is 42.5 Å². The third kappa shape index (κ3) is 5.33. The number of hydrogen-bond acceptors (Lipinski definition) is 13. The van der Waals surface area contributed by atoms with Gasteiger partial charge in [0, 0.05) is 6.07 Å². The molecule has 2 aromatic rings. The summed E-state index contributed by atoms with van der Waals surface area (Å²) in [5.41, 5.74) is -0.989. The molecule has 5 rings (SSSR count). The molecule has 212 valence electrons. The topological polar surface area (TPSA) is 205 Å². The fourth-order valence-corrected chi connectivity index (χ4v) is 4.75. The molecule has 0 aliphatic carbocycles. The van der Waals surface area contributed by atoms with Gasteiger partial charge in [-0.25, -0.2) is 0 Å². The van der Waals surface area contributed by atoms with Crippen molar-refractivity contribution >= 4 is 5.78 Å². The summed E-state index contributed by atoms with van der Waals surface area (Å²) in [5.74, 6) is 0.258. The van der Waals surface area contributed by atoms with Gasteiger partial charge in [-0.3, -0.25) is 4.79 Å². The number of aliphatic hydroxyl groups is 6. The van der Waals surface area contributed by atoms with E-state index >= 15 is 0 Å². The molecule has 3 heterocycles. The number of phenols is 1. The monoisotopic (exact) mass is 550 g/mol. The first-order valence-electron chi connectivity index (χ1n) is 12.3. The summed E-state index contributed by atoms with van der Waals surface area (Å²) in [7, 11) is 0. The first kappa shape index (κ1) is 27.7. The summed E-state index contributed by atoms with van der Waals surface area (Å²) in [6.45, 7) is -1.93. The summed E-state index contributed by atoms with van der Waals surface area (Å²) in [6, 6.07) is 10.7. The molecular weight excluding hydrogens is 520 g/mol. The molecule has 2 saturated heterocycles. The van der Waals surface area contributed by atoms with Gasteiger partial charge in [-0.2, -0.15) is 0 Å². The van der Waals surface area contributed by atoms with Crippen LogP contribution in [0.3, 0.4) is 0 Å². The number of phenolic OH excluding ortho intramolecular Hbond substituents is 1. The number of carbonyl (C=O) groups excluding carboxylic acids is 1. The molecule has 2 fully saturated rings. The fraction of sp³-hybridized carbons (Fsp3) is 0.500. The third-order valence-electron chi connectivity index (χ3n) is 7.11. The smallest absolute Gasteiger partial charge is 0.229 e. The highest BCUT2D eigenvalue weighted by atomic mass is 16.8. The SMILES string of the molecule is O=C1CC(c2ccc(O)cc2)Oc2cc(OC3OC(CO)C(O)C(O)C3OC3OCC(O)(CO)C3O)ccc21. The van der Waals surface area contributed by atoms with Crippen molar-refractivity contribution in [2.24, 2.45) is 0 Å². The number of hydrogen-bond donors (Lipinski definition) is 7. The van der Waals surface area contributed by atoms with E-state index in [9.17, 15) is 40.5 Å². The van der Waals surface area contributed by atoms with E-state index in [1.54, 1.807) is 12.1 Å². The summed E-state index contributed by atoms with van der Waals surface area (Å²) >= 11 is 0. The molecule has 13 heteroatoms. The van der Waals surface area contributed by atoms with Gasteiger partial charge in [-0.15, -0.1) is 0 Å². The van der Waals surface area contributed by atoms with E-state index in [0.29, 0.717) is 11.1 Å². The van der Waals surface area contributed by atoms with E-state index in [0.717, 1.165) is 0 Å². The number of aliphatic hydroxyl groups excluding tert-OH is 5. The van der Waals surface area contributed by atoms with Crippen LogP contribution < -0.4 is 9.47 Å². The Kier molecular flexibility index (Phi) is 7.79. The Hall–Kier alpha value is -2.85. The van der Waals surface area contributed by atoms with Crippen molar-refractivity contribution in [2.45, 2.75) is 61.2 Å². The number of ketones is 1. The summed E-state index contributed by atoms with van der Waals surface area (Å²) in [6.07, 6.45) is -11.2. The maximum absolute atomic E-state index is 12.8. The van der Waals surface area contributed by atoms with Crippen LogP contribution in [0.2, 0.25) is 0 Å². The van der Waals surface area contributed by atoms with Crippen molar-refractivity contribution in [3.8, 4) is 17.2 Å². The minimum absolute atomic E-state index is 0.0753. The maximum atomic E-state index is 12.8. The predicted octanol–water partition coefficient (Wildman–Crippen LogP) is -1.26. The van der Waals surface area contributed by atoms with Gasteiger partial charge in [0.15, 0.2) is 18.2 Å². The molecule has 9 atom stereocenters. The quantitative estimate of drug-likeness (QED) is 0.215. The number of aromatic hydroxyl groups is 1. The Morgan fingerprint density at radius 2 is 1.74 bits per heavy atom. The molecule has 0 radical (unpaired) electrons. The number of carbonyl (C=O) groups is 1. The second kappa shape index (κ2) is 11.0. The molecule has 3 aliphatic rings. The van der Waals surface area contributed by atoms with Gasteiger partial charge >= 0.3 is 0 Å². The van der Waals surface area contributed by atoms with Crippen LogP contribution in [0.4, 0.5) is 0 Å². The van der Waals surface area contributed by atoms with Gasteiger partial charge in [-0.05, 0) is 29.8 Å². The summed E-state index contributed by atoms with van der Waals surface area (Å²) in [4.78, 5) is 12.8. The van der Waals surface area contributed by atoms with Gasteiger partial charge in [0.05, 0.1) is 31.8 Å². The second-order valence-corrected chi connectivity index (χ2v) is 9.79. The third-order valence-corrected chi connectivity index (χ3v) is 7.11. The molecule has 0 aromatic heterocycles. The Morgan fingerprint density at radius 1 is 1.00 bits per heavy atom. The number of benzene rings is 2. The molecule has 39 heavy (non-hydrogen) atoms. The molecule has 3 aliphatic heterocycles. The molecule has 0 saturated carbocycles. The lowest BCUT2D eigenvalue weighted by molar-refractivity contribution is -0.318. The lowest BCUT2D eigenvalue weighted by atomic mass is 9.96. The maximum Gasteiger partial charge on any atom is 0.229 e. The van der Waals surface area contributed by atoms with Gasteiger partial charge in [0.1, 0.15) is 53.4 Å². The van der Waals surface area contributed by atoms with Crippen molar-refractivity contribution in [3.05, 3.63) is 53.6 Å². The predicted molar refractivity (Wildman–Crippen MR) is 128 cm³/mol. The van der Waals surface area contributed by atoms with E-state index in [1.807, 2.05) is 0 Å². The molecule has 0 bridgehead atoms. The fourth-order valence-electron chi connectivity index (χ4n) is 4.75. The van der Waals surface area contributed by atoms with Crippen molar-refractivity contribution in [3.63, 3.8) is 0 Å². The van der Waals surface area contributed by atoms with Gasteiger partial charge in [-0.1, -0.05) is 12.1 Å². The average Bonchev–Trinajstić information content (AvgIpc) is 3.22. The highest BCUT2D eigenvalue weighted by Gasteiger charge is 2.53. The number of ether oxygens (including phenoxy) is 5. The van der Waals surface area contributed by atoms with Gasteiger partial charge < -0.3 is 59.4 Å². The second-order valence-electron chi connectivity index (χ2n) is 9.79. The van der Waals surface area contributed by atoms with Crippen LogP contribution in [-0.2, 0) is 14.2 Å². The van der Waals surface area contributed by atoms with Crippen LogP contribution in [-0.4, -0.2) is 110 Å². The Bertz CT molecular complexity index is 1170. The number of Topliss-reactive ketones (excluding diaryl/α,β-unsaturated/α-hetero) is 1. The van der Waals surface area contributed by atoms with E-state index < -0.39 is 74.6 Å². The zero-order valence-electron chi connectivity index (χ0n) is 20.6. The normalized spacial score (nSPS) is 36.3. The first-order valence-corrected chi connectivity index (χ1v) is 12.3. The van der Waals surface area contributed by atoms with E-state index in [1.165, 1.54) is 30.3 Å². The van der Waals surface area contributed by atoms with Gasteiger partial charge in [0.2, 0.25) is 6.29 Å². The zero-order chi connectivity index (χ0) is 27.9. The van der Waals surface area contributed by atoms with E-state index in [2.05, 4.69) is 0 Å². The van der Waals surface area contributed by atoms with E-state index in [-0.39, 0.29) is 29.5 Å². The Balaban J connectivity index is 1.37. The highest BCUT2D eigenvalue weighted by Crippen LogP contribution is 2.38. The minimum Gasteiger partial charge on any atom is -0.508 e. The van der Waals surface area contributed by atoms with E-state index in [4.69, 9.17) is 23.7 Å². The van der Waals surface area contributed by atoms with Crippen molar-refractivity contribution in [1.29, 1.82) is 0 Å². The van der Waals surface area contributed by atoms with Crippen molar-refractivity contribution in [1.82, 2.24) is 0 Å². The molecule has 13 nitrogen and oxygen atoms in total. The first-order chi connectivity index (χ1) is 18.6. The molecule has 9 unspecified atom stereocenters. The lowest BCUT2D eigenvalue weighted by Crippen LogP contribution is -2.62. The molecule has 2 aromatic carbocycles.